The van der Waals surface area contributed by atoms with Crippen molar-refractivity contribution in [3.63, 3.8) is 0 Å². The summed E-state index contributed by atoms with van der Waals surface area (Å²) in [5.74, 6) is -1.06. The summed E-state index contributed by atoms with van der Waals surface area (Å²) < 4.78 is 0. The molecule has 0 atom stereocenters. The molecule has 0 fully saturated rings. The van der Waals surface area contributed by atoms with E-state index in [0.717, 1.165) is 5.56 Å². The summed E-state index contributed by atoms with van der Waals surface area (Å²) in [6.07, 6.45) is 0. The quantitative estimate of drug-likeness (QED) is 0.661. The first kappa shape index (κ1) is 14.5. The van der Waals surface area contributed by atoms with Crippen LogP contribution in [0.5, 0.6) is 0 Å². The van der Waals surface area contributed by atoms with Gasteiger partial charge in [0.1, 0.15) is 0 Å². The van der Waals surface area contributed by atoms with Crippen molar-refractivity contribution in [2.24, 2.45) is 0 Å². The molecule has 0 aliphatic rings. The van der Waals surface area contributed by atoms with Gasteiger partial charge in [-0.2, -0.15) is 0 Å². The van der Waals surface area contributed by atoms with Gasteiger partial charge in [-0.15, -0.1) is 0 Å². The van der Waals surface area contributed by atoms with Gasteiger partial charge in [-0.1, -0.05) is 12.1 Å². The summed E-state index contributed by atoms with van der Waals surface area (Å²) in [6, 6.07) is 9.58. The van der Waals surface area contributed by atoms with E-state index in [0.29, 0.717) is 16.9 Å². The van der Waals surface area contributed by atoms with Gasteiger partial charge in [0.15, 0.2) is 0 Å². The van der Waals surface area contributed by atoms with Crippen LogP contribution in [0.2, 0.25) is 0 Å². The monoisotopic (exact) mass is 286 g/mol. The highest BCUT2D eigenvalue weighted by Gasteiger charge is 2.14. The van der Waals surface area contributed by atoms with Crippen LogP contribution < -0.4 is 5.32 Å². The van der Waals surface area contributed by atoms with Gasteiger partial charge in [0, 0.05) is 17.3 Å². The molecule has 6 heteroatoms. The van der Waals surface area contributed by atoms with E-state index in [1.807, 2.05) is 6.92 Å². The Kier molecular flexibility index (Phi) is 3.89. The van der Waals surface area contributed by atoms with Crippen molar-refractivity contribution in [3.05, 3.63) is 63.2 Å². The minimum absolute atomic E-state index is 0.00970. The van der Waals surface area contributed by atoms with E-state index in [1.54, 1.807) is 31.2 Å². The second kappa shape index (κ2) is 5.62. The first-order valence-corrected chi connectivity index (χ1v) is 6.24. The van der Waals surface area contributed by atoms with Gasteiger partial charge < -0.3 is 10.4 Å². The molecule has 0 amide bonds. The van der Waals surface area contributed by atoms with E-state index in [9.17, 15) is 20.0 Å². The fourth-order valence-electron chi connectivity index (χ4n) is 1.99. The van der Waals surface area contributed by atoms with Gasteiger partial charge in [0.05, 0.1) is 16.2 Å². The third-order valence-corrected chi connectivity index (χ3v) is 3.09. The van der Waals surface area contributed by atoms with E-state index in [-0.39, 0.29) is 11.3 Å². The summed E-state index contributed by atoms with van der Waals surface area (Å²) in [7, 11) is 0. The molecule has 2 rings (SSSR count). The molecule has 6 nitrogen and oxygen atoms in total. The Morgan fingerprint density at radius 3 is 2.52 bits per heavy atom. The third kappa shape index (κ3) is 3.17. The average molecular weight is 286 g/mol. The van der Waals surface area contributed by atoms with Crippen LogP contribution in [0.15, 0.2) is 36.4 Å². The van der Waals surface area contributed by atoms with Crippen LogP contribution in [0.4, 0.5) is 17.1 Å². The van der Waals surface area contributed by atoms with Crippen molar-refractivity contribution in [1.29, 1.82) is 0 Å². The standard InChI is InChI=1S/C15H14N2O4/c1-9-3-6-12(15(18)19)13(7-9)16-11-5-4-10(2)14(8-11)17(20)21/h3-8,16H,1-2H3,(H,18,19). The minimum Gasteiger partial charge on any atom is -0.478 e. The van der Waals surface area contributed by atoms with E-state index in [4.69, 9.17) is 0 Å². The normalized spacial score (nSPS) is 10.2. The molecular weight excluding hydrogens is 272 g/mol. The van der Waals surface area contributed by atoms with E-state index < -0.39 is 10.9 Å². The lowest BCUT2D eigenvalue weighted by Gasteiger charge is -2.11. The molecule has 0 heterocycles. The van der Waals surface area contributed by atoms with Crippen LogP contribution in [0.3, 0.4) is 0 Å². The molecule has 0 bridgehead atoms. The minimum atomic E-state index is -1.06. The number of benzene rings is 2. The Balaban J connectivity index is 2.43. The lowest BCUT2D eigenvalue weighted by atomic mass is 10.1. The summed E-state index contributed by atoms with van der Waals surface area (Å²) in [6.45, 7) is 3.49. The fraction of sp³-hybridized carbons (Fsp3) is 0.133. The first-order chi connectivity index (χ1) is 9.88. The van der Waals surface area contributed by atoms with Crippen molar-refractivity contribution in [2.45, 2.75) is 13.8 Å². The molecule has 0 unspecified atom stereocenters. The molecule has 2 aromatic carbocycles. The molecule has 2 aromatic rings. The molecule has 0 saturated heterocycles. The van der Waals surface area contributed by atoms with Crippen LogP contribution >= 0.6 is 0 Å². The molecule has 108 valence electrons. The van der Waals surface area contributed by atoms with Crippen molar-refractivity contribution in [2.75, 3.05) is 5.32 Å². The maximum atomic E-state index is 11.2. The van der Waals surface area contributed by atoms with Crippen LogP contribution in [-0.4, -0.2) is 16.0 Å². The zero-order valence-corrected chi connectivity index (χ0v) is 11.6. The maximum absolute atomic E-state index is 11.2. The molecule has 0 radical (unpaired) electrons. The smallest absolute Gasteiger partial charge is 0.337 e. The largest absolute Gasteiger partial charge is 0.478 e. The number of hydrogen-bond acceptors (Lipinski definition) is 4. The highest BCUT2D eigenvalue weighted by molar-refractivity contribution is 5.95. The zero-order valence-electron chi connectivity index (χ0n) is 11.6. The van der Waals surface area contributed by atoms with Gasteiger partial charge in [-0.05, 0) is 37.6 Å². The van der Waals surface area contributed by atoms with Crippen molar-refractivity contribution in [3.8, 4) is 0 Å². The number of carboxylic acids is 1. The van der Waals surface area contributed by atoms with Crippen molar-refractivity contribution < 1.29 is 14.8 Å². The number of hydrogen-bond donors (Lipinski definition) is 2. The molecular formula is C15H14N2O4. The molecule has 0 aromatic heterocycles. The van der Waals surface area contributed by atoms with Gasteiger partial charge in [-0.3, -0.25) is 10.1 Å². The number of aromatic carboxylic acids is 1. The highest BCUT2D eigenvalue weighted by atomic mass is 16.6. The number of nitro groups is 1. The number of nitrogens with one attached hydrogen (secondary N) is 1. The summed E-state index contributed by atoms with van der Waals surface area (Å²) in [5, 5.41) is 23.0. The Bertz CT molecular complexity index is 726. The lowest BCUT2D eigenvalue weighted by Crippen LogP contribution is -2.03. The SMILES string of the molecule is Cc1ccc(C(=O)O)c(Nc2ccc(C)c([N+](=O)[O-])c2)c1. The predicted octanol–water partition coefficient (Wildman–Crippen LogP) is 3.65. The number of aryl methyl sites for hydroxylation is 2. The number of carboxylic acid groups (broad SMARTS) is 1. The van der Waals surface area contributed by atoms with Crippen LogP contribution in [0.25, 0.3) is 0 Å². The van der Waals surface area contributed by atoms with Crippen LogP contribution in [0, 0.1) is 24.0 Å². The average Bonchev–Trinajstić information content (AvgIpc) is 2.40. The van der Waals surface area contributed by atoms with Gasteiger partial charge in [0.25, 0.3) is 5.69 Å². The Morgan fingerprint density at radius 1 is 1.19 bits per heavy atom. The molecule has 0 aliphatic heterocycles. The van der Waals surface area contributed by atoms with E-state index >= 15 is 0 Å². The molecule has 2 N–H and O–H groups in total. The number of rotatable bonds is 4. The van der Waals surface area contributed by atoms with E-state index in [1.165, 1.54) is 12.1 Å². The topological polar surface area (TPSA) is 92.5 Å². The number of anilines is 2. The second-order valence-electron chi connectivity index (χ2n) is 4.74. The van der Waals surface area contributed by atoms with Gasteiger partial charge >= 0.3 is 5.97 Å². The zero-order chi connectivity index (χ0) is 15.6. The Hall–Kier alpha value is -2.89. The second-order valence-corrected chi connectivity index (χ2v) is 4.74. The summed E-state index contributed by atoms with van der Waals surface area (Å²) in [4.78, 5) is 21.7. The predicted molar refractivity (Wildman–Crippen MR) is 79.3 cm³/mol. The summed E-state index contributed by atoms with van der Waals surface area (Å²) in [5.41, 5.74) is 2.42. The number of carbonyl (C=O) groups is 1. The van der Waals surface area contributed by atoms with E-state index in [2.05, 4.69) is 5.32 Å². The van der Waals surface area contributed by atoms with Crippen LogP contribution in [-0.2, 0) is 0 Å². The third-order valence-electron chi connectivity index (χ3n) is 3.09. The number of nitrogens with zero attached hydrogens (tertiary/aromatic N) is 1. The molecule has 0 aliphatic carbocycles. The Morgan fingerprint density at radius 2 is 1.90 bits per heavy atom. The van der Waals surface area contributed by atoms with Crippen LogP contribution in [0.1, 0.15) is 21.5 Å². The first-order valence-electron chi connectivity index (χ1n) is 6.24. The molecule has 0 spiro atoms. The summed E-state index contributed by atoms with van der Waals surface area (Å²) >= 11 is 0. The molecule has 21 heavy (non-hydrogen) atoms. The molecule has 0 saturated carbocycles. The van der Waals surface area contributed by atoms with Crippen molar-refractivity contribution >= 4 is 23.0 Å². The Labute approximate surface area is 121 Å². The van der Waals surface area contributed by atoms with Crippen molar-refractivity contribution in [1.82, 2.24) is 0 Å². The maximum Gasteiger partial charge on any atom is 0.337 e. The highest BCUT2D eigenvalue weighted by Crippen LogP contribution is 2.27. The lowest BCUT2D eigenvalue weighted by molar-refractivity contribution is -0.385. The number of nitro benzene ring substituents is 1. The van der Waals surface area contributed by atoms with Gasteiger partial charge in [0.2, 0.25) is 0 Å². The fourth-order valence-corrected chi connectivity index (χ4v) is 1.99. The van der Waals surface area contributed by atoms with Gasteiger partial charge in [-0.25, -0.2) is 4.79 Å².